The highest BCUT2D eigenvalue weighted by atomic mass is 16.3. The van der Waals surface area contributed by atoms with Gasteiger partial charge in [-0.2, -0.15) is 0 Å². The third-order valence-electron chi connectivity index (χ3n) is 5.66. The highest BCUT2D eigenvalue weighted by molar-refractivity contribution is 4.84. The molecule has 0 aromatic heterocycles. The van der Waals surface area contributed by atoms with E-state index in [1.807, 2.05) is 0 Å². The molecule has 19 heavy (non-hydrogen) atoms. The van der Waals surface area contributed by atoms with E-state index in [1.165, 1.54) is 45.2 Å². The lowest BCUT2D eigenvalue weighted by Gasteiger charge is -2.40. The van der Waals surface area contributed by atoms with E-state index in [0.29, 0.717) is 5.92 Å². The zero-order valence-corrected chi connectivity index (χ0v) is 13.1. The summed E-state index contributed by atoms with van der Waals surface area (Å²) >= 11 is 0. The Kier molecular flexibility index (Phi) is 5.70. The summed E-state index contributed by atoms with van der Waals surface area (Å²) in [7, 11) is 0. The van der Waals surface area contributed by atoms with Gasteiger partial charge in [0.25, 0.3) is 0 Å². The molecule has 0 aromatic carbocycles. The van der Waals surface area contributed by atoms with E-state index in [1.54, 1.807) is 0 Å². The molecule has 0 spiro atoms. The van der Waals surface area contributed by atoms with Gasteiger partial charge < -0.3 is 10.0 Å². The van der Waals surface area contributed by atoms with Crippen molar-refractivity contribution in [2.24, 2.45) is 23.7 Å². The second-order valence-corrected chi connectivity index (χ2v) is 7.30. The van der Waals surface area contributed by atoms with Gasteiger partial charge >= 0.3 is 0 Å². The van der Waals surface area contributed by atoms with Gasteiger partial charge in [0.1, 0.15) is 0 Å². The molecule has 112 valence electrons. The molecule has 1 aliphatic heterocycles. The lowest BCUT2D eigenvalue weighted by molar-refractivity contribution is 0.0136. The maximum atomic E-state index is 10.3. The molecule has 0 amide bonds. The minimum Gasteiger partial charge on any atom is -0.393 e. The molecular formula is C17H33NO. The van der Waals surface area contributed by atoms with Gasteiger partial charge in [-0.05, 0) is 55.9 Å². The number of hydrogen-bond donors (Lipinski definition) is 1. The maximum Gasteiger partial charge on any atom is 0.0580 e. The second-order valence-electron chi connectivity index (χ2n) is 7.30. The van der Waals surface area contributed by atoms with Gasteiger partial charge in [0.2, 0.25) is 0 Å². The van der Waals surface area contributed by atoms with E-state index in [0.717, 1.165) is 30.7 Å². The summed E-state index contributed by atoms with van der Waals surface area (Å²) < 4.78 is 0. The number of nitrogens with zero attached hydrogens (tertiary/aromatic N) is 1. The summed E-state index contributed by atoms with van der Waals surface area (Å²) in [6.07, 6.45) is 7.50. The van der Waals surface area contributed by atoms with Crippen molar-refractivity contribution >= 4 is 0 Å². The second kappa shape index (κ2) is 7.08. The van der Waals surface area contributed by atoms with Crippen LogP contribution in [0.5, 0.6) is 0 Å². The predicted octanol–water partition coefficient (Wildman–Crippen LogP) is 3.54. The van der Waals surface area contributed by atoms with Crippen molar-refractivity contribution in [1.29, 1.82) is 0 Å². The van der Waals surface area contributed by atoms with Crippen LogP contribution in [0.15, 0.2) is 0 Å². The zero-order chi connectivity index (χ0) is 13.8. The Hall–Kier alpha value is -0.0800. The van der Waals surface area contributed by atoms with Gasteiger partial charge in [0.15, 0.2) is 0 Å². The van der Waals surface area contributed by atoms with Gasteiger partial charge in [-0.25, -0.2) is 0 Å². The van der Waals surface area contributed by atoms with Gasteiger partial charge in [0, 0.05) is 13.1 Å². The summed E-state index contributed by atoms with van der Waals surface area (Å²) in [4.78, 5) is 2.62. The minimum absolute atomic E-state index is 0.0391. The SMILES string of the molecule is CCCC1CCC(O)C(CN2CCC(C)C(C)C2)C1. The highest BCUT2D eigenvalue weighted by Gasteiger charge is 2.31. The Balaban J connectivity index is 1.83. The minimum atomic E-state index is -0.0391. The number of piperidine rings is 1. The monoisotopic (exact) mass is 267 g/mol. The van der Waals surface area contributed by atoms with Gasteiger partial charge in [-0.15, -0.1) is 0 Å². The van der Waals surface area contributed by atoms with Gasteiger partial charge in [0.05, 0.1) is 6.10 Å². The Labute approximate surface area is 119 Å². The average molecular weight is 267 g/mol. The van der Waals surface area contributed by atoms with Crippen molar-refractivity contribution in [2.45, 2.75) is 65.4 Å². The number of hydrogen-bond acceptors (Lipinski definition) is 2. The van der Waals surface area contributed by atoms with Crippen LogP contribution in [0.3, 0.4) is 0 Å². The Morgan fingerprint density at radius 3 is 2.58 bits per heavy atom. The number of aliphatic hydroxyl groups is 1. The van der Waals surface area contributed by atoms with Gasteiger partial charge in [-0.3, -0.25) is 0 Å². The van der Waals surface area contributed by atoms with E-state index in [-0.39, 0.29) is 6.10 Å². The topological polar surface area (TPSA) is 23.5 Å². The molecule has 2 fully saturated rings. The third-order valence-corrected chi connectivity index (χ3v) is 5.66. The van der Waals surface area contributed by atoms with Crippen LogP contribution in [0.4, 0.5) is 0 Å². The molecule has 5 unspecified atom stereocenters. The van der Waals surface area contributed by atoms with E-state index in [2.05, 4.69) is 25.7 Å². The highest BCUT2D eigenvalue weighted by Crippen LogP contribution is 2.33. The standard InChI is InChI=1S/C17H33NO/c1-4-5-15-6-7-17(19)16(10-15)12-18-9-8-13(2)14(3)11-18/h13-17,19H,4-12H2,1-3H3. The van der Waals surface area contributed by atoms with E-state index >= 15 is 0 Å². The molecular weight excluding hydrogens is 234 g/mol. The fourth-order valence-corrected chi connectivity index (χ4v) is 4.06. The molecule has 0 aromatic rings. The van der Waals surface area contributed by atoms with E-state index in [4.69, 9.17) is 0 Å². The molecule has 5 atom stereocenters. The van der Waals surface area contributed by atoms with Crippen molar-refractivity contribution in [3.8, 4) is 0 Å². The first-order valence-corrected chi connectivity index (χ1v) is 8.50. The first-order valence-electron chi connectivity index (χ1n) is 8.50. The fourth-order valence-electron chi connectivity index (χ4n) is 4.06. The molecule has 0 radical (unpaired) electrons. The molecule has 2 nitrogen and oxygen atoms in total. The van der Waals surface area contributed by atoms with Crippen molar-refractivity contribution in [3.05, 3.63) is 0 Å². The molecule has 0 bridgehead atoms. The normalized spacial score (nSPS) is 41.4. The maximum absolute atomic E-state index is 10.3. The molecule has 2 aliphatic rings. The van der Waals surface area contributed by atoms with Crippen molar-refractivity contribution < 1.29 is 5.11 Å². The largest absolute Gasteiger partial charge is 0.393 e. The Bertz CT molecular complexity index is 268. The van der Waals surface area contributed by atoms with Crippen LogP contribution < -0.4 is 0 Å². The molecule has 2 rings (SSSR count). The fraction of sp³-hybridized carbons (Fsp3) is 1.00. The lowest BCUT2D eigenvalue weighted by atomic mass is 9.77. The molecule has 1 heterocycles. The van der Waals surface area contributed by atoms with Crippen LogP contribution in [0.25, 0.3) is 0 Å². The predicted molar refractivity (Wildman–Crippen MR) is 81.1 cm³/mol. The first-order chi connectivity index (χ1) is 9.10. The number of likely N-dealkylation sites (tertiary alicyclic amines) is 1. The number of rotatable bonds is 4. The van der Waals surface area contributed by atoms with Gasteiger partial charge in [-0.1, -0.05) is 33.6 Å². The summed E-state index contributed by atoms with van der Waals surface area (Å²) in [5.41, 5.74) is 0. The third kappa shape index (κ3) is 4.19. The van der Waals surface area contributed by atoms with Crippen LogP contribution >= 0.6 is 0 Å². The summed E-state index contributed by atoms with van der Waals surface area (Å²) in [5, 5.41) is 10.3. The summed E-state index contributed by atoms with van der Waals surface area (Å²) in [5.74, 6) is 3.10. The molecule has 1 N–H and O–H groups in total. The quantitative estimate of drug-likeness (QED) is 0.842. The molecule has 1 saturated carbocycles. The number of aliphatic hydroxyl groups excluding tert-OH is 1. The van der Waals surface area contributed by atoms with Crippen molar-refractivity contribution in [1.82, 2.24) is 4.90 Å². The van der Waals surface area contributed by atoms with Crippen LogP contribution in [0.1, 0.15) is 59.3 Å². The van der Waals surface area contributed by atoms with Crippen molar-refractivity contribution in [2.75, 3.05) is 19.6 Å². The van der Waals surface area contributed by atoms with Crippen LogP contribution in [-0.4, -0.2) is 35.7 Å². The molecule has 2 heteroatoms. The van der Waals surface area contributed by atoms with Crippen LogP contribution in [0, 0.1) is 23.7 Å². The molecule has 1 aliphatic carbocycles. The smallest absolute Gasteiger partial charge is 0.0580 e. The molecule has 1 saturated heterocycles. The average Bonchev–Trinajstić information content (AvgIpc) is 2.38. The first kappa shape index (κ1) is 15.3. The Morgan fingerprint density at radius 1 is 1.11 bits per heavy atom. The van der Waals surface area contributed by atoms with E-state index in [9.17, 15) is 5.11 Å². The van der Waals surface area contributed by atoms with Crippen LogP contribution in [0.2, 0.25) is 0 Å². The summed E-state index contributed by atoms with van der Waals surface area (Å²) in [6, 6.07) is 0. The van der Waals surface area contributed by atoms with Crippen LogP contribution in [-0.2, 0) is 0 Å². The summed E-state index contributed by atoms with van der Waals surface area (Å²) in [6.45, 7) is 10.7. The van der Waals surface area contributed by atoms with Crippen molar-refractivity contribution in [3.63, 3.8) is 0 Å². The lowest BCUT2D eigenvalue weighted by Crippen LogP contribution is -2.44. The zero-order valence-electron chi connectivity index (χ0n) is 13.1. The Morgan fingerprint density at radius 2 is 1.89 bits per heavy atom. The van der Waals surface area contributed by atoms with E-state index < -0.39 is 0 Å².